The zero-order valence-electron chi connectivity index (χ0n) is 16.7. The summed E-state index contributed by atoms with van der Waals surface area (Å²) in [6, 6.07) is 9.84. The zero-order valence-corrected chi connectivity index (χ0v) is 18.3. The third kappa shape index (κ3) is 3.46. The van der Waals surface area contributed by atoms with Gasteiger partial charge < -0.3 is 0 Å². The summed E-state index contributed by atoms with van der Waals surface area (Å²) in [4.78, 5) is 20.8. The monoisotopic (exact) mass is 410 g/mol. The van der Waals surface area contributed by atoms with Gasteiger partial charge in [-0.15, -0.1) is 17.9 Å². The molecule has 1 unspecified atom stereocenters. The molecule has 0 saturated carbocycles. The number of para-hydroxylation sites is 1. The van der Waals surface area contributed by atoms with Crippen molar-refractivity contribution in [3.8, 4) is 5.69 Å². The maximum atomic E-state index is 13.6. The van der Waals surface area contributed by atoms with E-state index in [0.717, 1.165) is 46.1 Å². The Bertz CT molecular complexity index is 1070. The average molecular weight is 411 g/mol. The molecule has 0 fully saturated rings. The van der Waals surface area contributed by atoms with E-state index in [4.69, 9.17) is 4.98 Å². The Balaban J connectivity index is 1.91. The molecule has 0 bridgehead atoms. The van der Waals surface area contributed by atoms with E-state index < -0.39 is 0 Å². The van der Waals surface area contributed by atoms with Crippen LogP contribution in [0, 0.1) is 11.3 Å². The van der Waals surface area contributed by atoms with Crippen molar-refractivity contribution in [3.05, 3.63) is 63.8 Å². The second kappa shape index (κ2) is 7.53. The molecule has 5 heteroatoms. The molecule has 0 radical (unpaired) electrons. The van der Waals surface area contributed by atoms with E-state index >= 15 is 0 Å². The van der Waals surface area contributed by atoms with Crippen LogP contribution in [0.5, 0.6) is 0 Å². The van der Waals surface area contributed by atoms with Crippen LogP contribution in [0.1, 0.15) is 37.6 Å². The van der Waals surface area contributed by atoms with Gasteiger partial charge in [0, 0.05) is 10.6 Å². The average Bonchev–Trinajstić information content (AvgIpc) is 3.04. The first-order valence-electron chi connectivity index (χ1n) is 9.76. The molecular weight excluding hydrogens is 384 g/mol. The van der Waals surface area contributed by atoms with Crippen molar-refractivity contribution in [1.82, 2.24) is 9.55 Å². The minimum Gasteiger partial charge on any atom is -0.268 e. The fourth-order valence-electron chi connectivity index (χ4n) is 3.98. The third-order valence-electron chi connectivity index (χ3n) is 5.62. The molecule has 0 N–H and O–H groups in total. The Morgan fingerprint density at radius 2 is 2.07 bits per heavy atom. The van der Waals surface area contributed by atoms with Gasteiger partial charge >= 0.3 is 0 Å². The van der Waals surface area contributed by atoms with Crippen LogP contribution in [0.15, 0.2) is 52.9 Å². The number of fused-ring (bicyclic) bond motifs is 3. The van der Waals surface area contributed by atoms with E-state index in [-0.39, 0.29) is 11.0 Å². The summed E-state index contributed by atoms with van der Waals surface area (Å²) < 4.78 is 1.78. The Hall–Kier alpha value is -1.85. The number of benzene rings is 1. The number of hydrogen-bond donors (Lipinski definition) is 0. The van der Waals surface area contributed by atoms with Crippen molar-refractivity contribution >= 4 is 33.3 Å². The Morgan fingerprint density at radius 1 is 1.32 bits per heavy atom. The largest absolute Gasteiger partial charge is 0.268 e. The lowest BCUT2D eigenvalue weighted by atomic mass is 9.72. The molecule has 3 aromatic rings. The smallest absolute Gasteiger partial charge is 0.267 e. The molecule has 2 aromatic heterocycles. The standard InChI is InChI=1S/C23H26N2OS2/c1-5-13-27-22-24-20-19(21(26)25(22)16-9-7-6-8-10-16)17-12-11-15(23(2,3)4)14-18(17)28-20/h5-10,15H,1,11-14H2,2-4H3. The summed E-state index contributed by atoms with van der Waals surface area (Å²) >= 11 is 3.28. The van der Waals surface area contributed by atoms with Crippen molar-refractivity contribution in [3.63, 3.8) is 0 Å². The number of thiophene rings is 1. The van der Waals surface area contributed by atoms with Gasteiger partial charge in [-0.25, -0.2) is 4.98 Å². The molecule has 146 valence electrons. The highest BCUT2D eigenvalue weighted by Gasteiger charge is 2.32. The van der Waals surface area contributed by atoms with Gasteiger partial charge in [0.1, 0.15) is 4.83 Å². The van der Waals surface area contributed by atoms with Crippen LogP contribution in [-0.2, 0) is 12.8 Å². The summed E-state index contributed by atoms with van der Waals surface area (Å²) in [6.07, 6.45) is 5.02. The van der Waals surface area contributed by atoms with Crippen LogP contribution < -0.4 is 5.56 Å². The second-order valence-electron chi connectivity index (χ2n) is 8.46. The van der Waals surface area contributed by atoms with Crippen molar-refractivity contribution in [1.29, 1.82) is 0 Å². The normalized spacial score (nSPS) is 16.9. The van der Waals surface area contributed by atoms with Crippen LogP contribution in [-0.4, -0.2) is 15.3 Å². The molecule has 1 aliphatic rings. The predicted octanol–water partition coefficient (Wildman–Crippen LogP) is 5.88. The topological polar surface area (TPSA) is 34.9 Å². The maximum Gasteiger partial charge on any atom is 0.267 e. The van der Waals surface area contributed by atoms with Gasteiger partial charge in [0.15, 0.2) is 5.16 Å². The molecule has 0 saturated heterocycles. The van der Waals surface area contributed by atoms with Gasteiger partial charge in [-0.05, 0) is 48.3 Å². The Morgan fingerprint density at radius 3 is 2.75 bits per heavy atom. The molecule has 0 aliphatic heterocycles. The lowest BCUT2D eigenvalue weighted by Crippen LogP contribution is -2.27. The summed E-state index contributed by atoms with van der Waals surface area (Å²) in [6.45, 7) is 10.8. The van der Waals surface area contributed by atoms with Gasteiger partial charge in [0.05, 0.1) is 11.1 Å². The maximum absolute atomic E-state index is 13.6. The first kappa shape index (κ1) is 19.5. The number of aryl methyl sites for hydroxylation is 1. The molecule has 3 nitrogen and oxygen atoms in total. The van der Waals surface area contributed by atoms with Crippen LogP contribution >= 0.6 is 23.1 Å². The van der Waals surface area contributed by atoms with Gasteiger partial charge in [0.25, 0.3) is 5.56 Å². The van der Waals surface area contributed by atoms with Gasteiger partial charge in [0.2, 0.25) is 0 Å². The fourth-order valence-corrected chi connectivity index (χ4v) is 6.07. The minimum absolute atomic E-state index is 0.0643. The van der Waals surface area contributed by atoms with Crippen molar-refractivity contribution in [2.75, 3.05) is 5.75 Å². The van der Waals surface area contributed by atoms with Gasteiger partial charge in [-0.2, -0.15) is 0 Å². The highest BCUT2D eigenvalue weighted by Crippen LogP contribution is 2.42. The van der Waals surface area contributed by atoms with E-state index in [1.165, 1.54) is 10.4 Å². The third-order valence-corrected chi connectivity index (χ3v) is 7.70. The molecule has 28 heavy (non-hydrogen) atoms. The van der Waals surface area contributed by atoms with Gasteiger partial charge in [-0.1, -0.05) is 56.8 Å². The van der Waals surface area contributed by atoms with Crippen LogP contribution in [0.25, 0.3) is 15.9 Å². The highest BCUT2D eigenvalue weighted by atomic mass is 32.2. The molecule has 0 spiro atoms. The quantitative estimate of drug-likeness (QED) is 0.306. The van der Waals surface area contributed by atoms with E-state index in [2.05, 4.69) is 27.4 Å². The van der Waals surface area contributed by atoms with Crippen LogP contribution in [0.4, 0.5) is 0 Å². The van der Waals surface area contributed by atoms with Gasteiger partial charge in [-0.3, -0.25) is 9.36 Å². The van der Waals surface area contributed by atoms with Crippen molar-refractivity contribution < 1.29 is 0 Å². The molecule has 1 aromatic carbocycles. The molecule has 1 aliphatic carbocycles. The second-order valence-corrected chi connectivity index (χ2v) is 10.5. The lowest BCUT2D eigenvalue weighted by molar-refractivity contribution is 0.218. The van der Waals surface area contributed by atoms with E-state index in [0.29, 0.717) is 5.92 Å². The first-order chi connectivity index (χ1) is 13.4. The molecule has 2 heterocycles. The summed E-state index contributed by atoms with van der Waals surface area (Å²) in [5.74, 6) is 1.38. The molecule has 0 amide bonds. The molecule has 4 rings (SSSR count). The van der Waals surface area contributed by atoms with Crippen LogP contribution in [0.2, 0.25) is 0 Å². The van der Waals surface area contributed by atoms with E-state index in [1.54, 1.807) is 27.7 Å². The zero-order chi connectivity index (χ0) is 19.9. The SMILES string of the molecule is C=CCSc1nc2sc3c(c2c(=O)n1-c1ccccc1)CCC(C(C)(C)C)C3. The van der Waals surface area contributed by atoms with Crippen molar-refractivity contribution in [2.24, 2.45) is 11.3 Å². The lowest BCUT2D eigenvalue weighted by Gasteiger charge is -2.33. The van der Waals surface area contributed by atoms with E-state index in [9.17, 15) is 4.79 Å². The summed E-state index contributed by atoms with van der Waals surface area (Å²) in [7, 11) is 0. The Labute approximate surface area is 174 Å². The summed E-state index contributed by atoms with van der Waals surface area (Å²) in [5.41, 5.74) is 2.46. The van der Waals surface area contributed by atoms with E-state index in [1.807, 2.05) is 36.4 Å². The minimum atomic E-state index is 0.0643. The number of thioether (sulfide) groups is 1. The Kier molecular flexibility index (Phi) is 5.23. The molecule has 1 atom stereocenters. The number of aromatic nitrogens is 2. The van der Waals surface area contributed by atoms with Crippen molar-refractivity contribution in [2.45, 2.75) is 45.2 Å². The first-order valence-corrected chi connectivity index (χ1v) is 11.6. The predicted molar refractivity (Wildman–Crippen MR) is 121 cm³/mol. The van der Waals surface area contributed by atoms with Crippen LogP contribution in [0.3, 0.4) is 0 Å². The highest BCUT2D eigenvalue weighted by molar-refractivity contribution is 7.99. The number of nitrogens with zero attached hydrogens (tertiary/aromatic N) is 2. The summed E-state index contributed by atoms with van der Waals surface area (Å²) in [5, 5.41) is 1.58. The molecular formula is C23H26N2OS2. The number of rotatable bonds is 4. The number of hydrogen-bond acceptors (Lipinski definition) is 4. The fraction of sp³-hybridized carbons (Fsp3) is 0.391.